The molecule has 0 radical (unpaired) electrons. The average molecular weight is 442 g/mol. The molecule has 0 saturated heterocycles. The summed E-state index contributed by atoms with van der Waals surface area (Å²) in [5.41, 5.74) is 8.85. The molecule has 0 aliphatic heterocycles. The summed E-state index contributed by atoms with van der Waals surface area (Å²) >= 11 is 5.82. The molecule has 6 heteroatoms. The fourth-order valence-corrected chi connectivity index (χ4v) is 2.75. The second kappa shape index (κ2) is 13.1. The molecule has 0 aromatic heterocycles. The van der Waals surface area contributed by atoms with E-state index in [1.54, 1.807) is 36.4 Å². The van der Waals surface area contributed by atoms with E-state index in [2.05, 4.69) is 6.92 Å². The summed E-state index contributed by atoms with van der Waals surface area (Å²) in [5.74, 6) is -1.53. The molecule has 0 atom stereocenters. The number of benzene rings is 3. The van der Waals surface area contributed by atoms with Gasteiger partial charge in [-0.25, -0.2) is 4.79 Å². The zero-order valence-corrected chi connectivity index (χ0v) is 18.7. The predicted octanol–water partition coefficient (Wildman–Crippen LogP) is 5.65. The van der Waals surface area contributed by atoms with Gasteiger partial charge in [-0.15, -0.1) is 0 Å². The molecule has 164 valence electrons. The topological polar surface area (TPSA) is 101 Å². The molecular formula is C25H28ClNO4. The van der Waals surface area contributed by atoms with Crippen LogP contribution in [0.15, 0.2) is 66.7 Å². The number of nitrogens with two attached hydrogens (primary N) is 1. The van der Waals surface area contributed by atoms with Crippen molar-refractivity contribution in [3.05, 3.63) is 99.6 Å². The first-order valence-corrected chi connectivity index (χ1v) is 10.2. The number of primary amides is 1. The maximum absolute atomic E-state index is 10.8. The van der Waals surface area contributed by atoms with Crippen molar-refractivity contribution in [3.63, 3.8) is 0 Å². The van der Waals surface area contributed by atoms with Gasteiger partial charge < -0.3 is 15.9 Å². The lowest BCUT2D eigenvalue weighted by Gasteiger charge is -2.02. The highest BCUT2D eigenvalue weighted by Gasteiger charge is 2.06. The molecule has 0 saturated carbocycles. The Bertz CT molecular complexity index is 1000. The minimum absolute atomic E-state index is 0.0558. The van der Waals surface area contributed by atoms with Crippen molar-refractivity contribution in [2.45, 2.75) is 33.6 Å². The van der Waals surface area contributed by atoms with Gasteiger partial charge in [0.1, 0.15) is 5.75 Å². The van der Waals surface area contributed by atoms with E-state index in [-0.39, 0.29) is 11.3 Å². The third-order valence-corrected chi connectivity index (χ3v) is 4.74. The number of phenols is 1. The van der Waals surface area contributed by atoms with Gasteiger partial charge in [-0.3, -0.25) is 4.79 Å². The van der Waals surface area contributed by atoms with Crippen molar-refractivity contribution >= 4 is 23.5 Å². The number of carboxylic acid groups (broad SMARTS) is 1. The molecule has 1 amide bonds. The first-order chi connectivity index (χ1) is 14.7. The Balaban J connectivity index is 0.000000235. The van der Waals surface area contributed by atoms with Crippen molar-refractivity contribution in [2.75, 3.05) is 0 Å². The van der Waals surface area contributed by atoms with Crippen molar-refractivity contribution in [1.82, 2.24) is 0 Å². The molecule has 0 spiro atoms. The molecule has 0 aliphatic rings. The molecule has 3 aromatic rings. The maximum atomic E-state index is 10.8. The smallest absolute Gasteiger partial charge is 0.335 e. The molecular weight excluding hydrogens is 414 g/mol. The Labute approximate surface area is 188 Å². The van der Waals surface area contributed by atoms with Gasteiger partial charge in [0.2, 0.25) is 0 Å². The van der Waals surface area contributed by atoms with E-state index in [9.17, 15) is 14.7 Å². The summed E-state index contributed by atoms with van der Waals surface area (Å²) in [6.07, 6.45) is 1.83. The summed E-state index contributed by atoms with van der Waals surface area (Å²) in [5, 5.41) is 18.6. The van der Waals surface area contributed by atoms with Gasteiger partial charge in [0.05, 0.1) is 11.1 Å². The van der Waals surface area contributed by atoms with Gasteiger partial charge in [0.15, 0.2) is 0 Å². The molecule has 5 nitrogen and oxygen atoms in total. The summed E-state index contributed by atoms with van der Waals surface area (Å²) in [6.45, 7) is 5.99. The first kappa shape index (κ1) is 25.7. The van der Waals surface area contributed by atoms with E-state index in [0.29, 0.717) is 5.56 Å². The second-order valence-electron chi connectivity index (χ2n) is 6.69. The zero-order chi connectivity index (χ0) is 23.4. The van der Waals surface area contributed by atoms with Crippen LogP contribution in [0.2, 0.25) is 5.02 Å². The van der Waals surface area contributed by atoms with E-state index in [4.69, 9.17) is 22.4 Å². The molecule has 31 heavy (non-hydrogen) atoms. The minimum Gasteiger partial charge on any atom is -0.507 e. The van der Waals surface area contributed by atoms with E-state index >= 15 is 0 Å². The van der Waals surface area contributed by atoms with Gasteiger partial charge in [0.25, 0.3) is 5.91 Å². The second-order valence-corrected chi connectivity index (χ2v) is 7.09. The Morgan fingerprint density at radius 1 is 0.935 bits per heavy atom. The summed E-state index contributed by atoms with van der Waals surface area (Å²) in [6, 6.07) is 19.5. The Morgan fingerprint density at radius 3 is 2.00 bits per heavy atom. The number of hydrogen-bond donors (Lipinski definition) is 3. The quantitative estimate of drug-likeness (QED) is 0.487. The molecule has 3 rings (SSSR count). The summed E-state index contributed by atoms with van der Waals surface area (Å²) in [4.78, 5) is 21.1. The number of carbonyl (C=O) groups is 2. The van der Waals surface area contributed by atoms with Crippen LogP contribution in [0.5, 0.6) is 5.75 Å². The van der Waals surface area contributed by atoms with Crippen LogP contribution in [0.25, 0.3) is 0 Å². The van der Waals surface area contributed by atoms with Crippen LogP contribution in [0.4, 0.5) is 0 Å². The zero-order valence-electron chi connectivity index (χ0n) is 17.9. The van der Waals surface area contributed by atoms with Gasteiger partial charge in [-0.05, 0) is 61.2 Å². The predicted molar refractivity (Wildman–Crippen MR) is 125 cm³/mol. The SMILES string of the molecule is CCc1ccc(O)c(C(N)=O)c1.CCc1ccccc1Cl.Cc1ccc(C(=O)O)cc1. The third-order valence-electron chi connectivity index (χ3n) is 4.37. The summed E-state index contributed by atoms with van der Waals surface area (Å²) < 4.78 is 0. The average Bonchev–Trinajstić information content (AvgIpc) is 2.75. The van der Waals surface area contributed by atoms with E-state index in [1.165, 1.54) is 11.6 Å². The Kier molecular flexibility index (Phi) is 10.9. The molecule has 3 aromatic carbocycles. The highest BCUT2D eigenvalue weighted by molar-refractivity contribution is 6.31. The highest BCUT2D eigenvalue weighted by atomic mass is 35.5. The number of carbonyl (C=O) groups excluding carboxylic acids is 1. The van der Waals surface area contributed by atoms with Crippen molar-refractivity contribution in [2.24, 2.45) is 5.73 Å². The summed E-state index contributed by atoms with van der Waals surface area (Å²) in [7, 11) is 0. The van der Waals surface area contributed by atoms with Crippen LogP contribution in [0, 0.1) is 6.92 Å². The van der Waals surface area contributed by atoms with E-state index in [0.717, 1.165) is 29.0 Å². The third kappa shape index (κ3) is 8.93. The minimum atomic E-state index is -0.875. The van der Waals surface area contributed by atoms with Crippen LogP contribution >= 0.6 is 11.6 Å². The molecule has 0 heterocycles. The molecule has 0 unspecified atom stereocenters. The van der Waals surface area contributed by atoms with Crippen LogP contribution in [0.3, 0.4) is 0 Å². The van der Waals surface area contributed by atoms with Crippen LogP contribution < -0.4 is 5.73 Å². The maximum Gasteiger partial charge on any atom is 0.335 e. The normalized spacial score (nSPS) is 9.55. The Morgan fingerprint density at radius 2 is 1.55 bits per heavy atom. The molecule has 4 N–H and O–H groups in total. The number of hydrogen-bond acceptors (Lipinski definition) is 3. The Hall–Kier alpha value is -3.31. The van der Waals surface area contributed by atoms with E-state index in [1.807, 2.05) is 38.1 Å². The number of aromatic carboxylic acids is 1. The lowest BCUT2D eigenvalue weighted by molar-refractivity contribution is 0.0696. The fourth-order valence-electron chi connectivity index (χ4n) is 2.48. The van der Waals surface area contributed by atoms with Crippen molar-refractivity contribution in [1.29, 1.82) is 0 Å². The van der Waals surface area contributed by atoms with Gasteiger partial charge >= 0.3 is 5.97 Å². The van der Waals surface area contributed by atoms with Crippen molar-refractivity contribution in [3.8, 4) is 5.75 Å². The fraction of sp³-hybridized carbons (Fsp3) is 0.200. The van der Waals surface area contributed by atoms with Crippen LogP contribution in [-0.2, 0) is 12.8 Å². The number of amides is 1. The molecule has 0 bridgehead atoms. The standard InChI is InChI=1S/C9H11NO2.C8H9Cl.C8H8O2/c1-2-6-3-4-8(11)7(5-6)9(10)12;1-2-7-5-3-4-6-8(7)9;1-6-2-4-7(5-3-6)8(9)10/h3-5,11H,2H2,1H3,(H2,10,12);3-6H,2H2,1H3;2-5H,1H3,(H,9,10). The highest BCUT2D eigenvalue weighted by Crippen LogP contribution is 2.18. The monoisotopic (exact) mass is 441 g/mol. The lowest BCUT2D eigenvalue weighted by atomic mass is 10.1. The van der Waals surface area contributed by atoms with Gasteiger partial charge in [0, 0.05) is 5.02 Å². The van der Waals surface area contributed by atoms with Crippen LogP contribution in [-0.4, -0.2) is 22.1 Å². The first-order valence-electron chi connectivity index (χ1n) is 9.84. The number of halogens is 1. The largest absolute Gasteiger partial charge is 0.507 e. The number of rotatable bonds is 4. The molecule has 0 fully saturated rings. The number of aryl methyl sites for hydroxylation is 3. The van der Waals surface area contributed by atoms with Gasteiger partial charge in [-0.2, -0.15) is 0 Å². The van der Waals surface area contributed by atoms with Crippen molar-refractivity contribution < 1.29 is 19.8 Å². The van der Waals surface area contributed by atoms with Crippen LogP contribution in [0.1, 0.15) is 51.3 Å². The number of carboxylic acids is 1. The van der Waals surface area contributed by atoms with Gasteiger partial charge in [-0.1, -0.05) is 67.4 Å². The lowest BCUT2D eigenvalue weighted by Crippen LogP contribution is -2.11. The number of aromatic hydroxyl groups is 1. The van der Waals surface area contributed by atoms with E-state index < -0.39 is 11.9 Å². The molecule has 0 aliphatic carbocycles.